The third-order valence-electron chi connectivity index (χ3n) is 4.04. The molecule has 8 heteroatoms. The third kappa shape index (κ3) is 5.60. The molecule has 0 atom stereocenters. The van der Waals surface area contributed by atoms with E-state index in [4.69, 9.17) is 4.74 Å². The maximum Gasteiger partial charge on any atom is 0.416 e. The maximum absolute atomic E-state index is 12.7. The summed E-state index contributed by atoms with van der Waals surface area (Å²) in [5.41, 5.74) is -0.156. The molecule has 0 aliphatic carbocycles. The number of hydrogen-bond donors (Lipinski definition) is 2. The smallest absolute Gasteiger partial charge is 0.416 e. The van der Waals surface area contributed by atoms with Crippen LogP contribution in [0.5, 0.6) is 5.75 Å². The first kappa shape index (κ1) is 20.9. The zero-order valence-electron chi connectivity index (χ0n) is 15.6. The van der Waals surface area contributed by atoms with Crippen LogP contribution in [0, 0.1) is 0 Å². The first-order chi connectivity index (χ1) is 14.3. The lowest BCUT2D eigenvalue weighted by Crippen LogP contribution is -2.21. The highest BCUT2D eigenvalue weighted by atomic mass is 19.4. The minimum absolute atomic E-state index is 0.0524. The molecule has 30 heavy (non-hydrogen) atoms. The Morgan fingerprint density at radius 1 is 0.767 bits per heavy atom. The van der Waals surface area contributed by atoms with E-state index in [1.165, 1.54) is 0 Å². The molecular formula is C22H17F3N2O3. The van der Waals surface area contributed by atoms with E-state index in [1.807, 2.05) is 6.07 Å². The molecule has 0 fully saturated rings. The second-order valence-corrected chi connectivity index (χ2v) is 6.22. The monoisotopic (exact) mass is 414 g/mol. The Balaban J connectivity index is 1.64. The number of hydrogen-bond acceptors (Lipinski definition) is 3. The van der Waals surface area contributed by atoms with E-state index in [-0.39, 0.29) is 12.2 Å². The van der Waals surface area contributed by atoms with E-state index in [2.05, 4.69) is 10.6 Å². The van der Waals surface area contributed by atoms with Gasteiger partial charge in [-0.25, -0.2) is 0 Å². The van der Waals surface area contributed by atoms with Crippen molar-refractivity contribution in [1.29, 1.82) is 0 Å². The van der Waals surface area contributed by atoms with Gasteiger partial charge in [-0.3, -0.25) is 9.59 Å². The third-order valence-corrected chi connectivity index (χ3v) is 4.04. The molecule has 0 saturated heterocycles. The van der Waals surface area contributed by atoms with Crippen molar-refractivity contribution in [2.24, 2.45) is 0 Å². The molecule has 2 N–H and O–H groups in total. The summed E-state index contributed by atoms with van der Waals surface area (Å²) in [5.74, 6) is -0.502. The zero-order valence-corrected chi connectivity index (χ0v) is 15.6. The number of nitrogens with one attached hydrogen (secondary N) is 2. The van der Waals surface area contributed by atoms with Crippen LogP contribution in [0.3, 0.4) is 0 Å². The molecule has 0 aliphatic rings. The van der Waals surface area contributed by atoms with Gasteiger partial charge in [0.1, 0.15) is 5.75 Å². The minimum atomic E-state index is -4.48. The topological polar surface area (TPSA) is 67.4 Å². The molecule has 0 spiro atoms. The van der Waals surface area contributed by atoms with Crippen molar-refractivity contribution in [3.63, 3.8) is 0 Å². The van der Waals surface area contributed by atoms with Crippen molar-refractivity contribution in [3.05, 3.63) is 90.0 Å². The van der Waals surface area contributed by atoms with Crippen LogP contribution in [0.2, 0.25) is 0 Å². The Labute approximate surface area is 170 Å². The molecule has 0 aromatic heterocycles. The number of anilines is 2. The number of rotatable bonds is 6. The average Bonchev–Trinajstić information content (AvgIpc) is 2.74. The molecule has 2 amide bonds. The van der Waals surface area contributed by atoms with Crippen LogP contribution in [0.25, 0.3) is 0 Å². The molecule has 0 saturated carbocycles. The van der Waals surface area contributed by atoms with E-state index in [0.29, 0.717) is 17.1 Å². The summed E-state index contributed by atoms with van der Waals surface area (Å²) in [6.45, 7) is -0.231. The van der Waals surface area contributed by atoms with Crippen LogP contribution in [-0.2, 0) is 11.0 Å². The summed E-state index contributed by atoms with van der Waals surface area (Å²) >= 11 is 0. The first-order valence-electron chi connectivity index (χ1n) is 8.88. The average molecular weight is 414 g/mol. The van der Waals surface area contributed by atoms with Gasteiger partial charge in [-0.1, -0.05) is 30.3 Å². The van der Waals surface area contributed by atoms with Gasteiger partial charge < -0.3 is 15.4 Å². The summed E-state index contributed by atoms with van der Waals surface area (Å²) in [4.78, 5) is 24.6. The lowest BCUT2D eigenvalue weighted by Gasteiger charge is -2.13. The number of halogens is 3. The van der Waals surface area contributed by atoms with Crippen molar-refractivity contribution in [3.8, 4) is 5.75 Å². The van der Waals surface area contributed by atoms with Crippen LogP contribution >= 0.6 is 0 Å². The molecule has 5 nitrogen and oxygen atoms in total. The first-order valence-corrected chi connectivity index (χ1v) is 8.88. The lowest BCUT2D eigenvalue weighted by atomic mass is 10.1. The van der Waals surface area contributed by atoms with Gasteiger partial charge in [-0.2, -0.15) is 13.2 Å². The minimum Gasteiger partial charge on any atom is -0.484 e. The quantitative estimate of drug-likeness (QED) is 0.598. The van der Waals surface area contributed by atoms with Crippen molar-refractivity contribution in [2.75, 3.05) is 17.2 Å². The highest BCUT2D eigenvalue weighted by Crippen LogP contribution is 2.29. The molecule has 3 rings (SSSR count). The molecular weight excluding hydrogens is 397 g/mol. The van der Waals surface area contributed by atoms with Crippen molar-refractivity contribution in [2.45, 2.75) is 6.18 Å². The lowest BCUT2D eigenvalue weighted by molar-refractivity contribution is -0.137. The SMILES string of the molecule is O=C(COc1ccccc1)Nc1ccccc1NC(=O)c1ccc(C(F)(F)F)cc1. The second-order valence-electron chi connectivity index (χ2n) is 6.22. The number of ether oxygens (including phenoxy) is 1. The van der Waals surface area contributed by atoms with Crippen LogP contribution in [-0.4, -0.2) is 18.4 Å². The van der Waals surface area contributed by atoms with E-state index >= 15 is 0 Å². The number of amides is 2. The molecule has 0 heterocycles. The molecule has 154 valence electrons. The van der Waals surface area contributed by atoms with Crippen molar-refractivity contribution in [1.82, 2.24) is 0 Å². The van der Waals surface area contributed by atoms with Crippen molar-refractivity contribution < 1.29 is 27.5 Å². The fourth-order valence-corrected chi connectivity index (χ4v) is 2.56. The standard InChI is InChI=1S/C22H17F3N2O3/c23-22(24,25)16-12-10-15(11-13-16)21(29)27-19-9-5-4-8-18(19)26-20(28)14-30-17-6-2-1-3-7-17/h1-13H,14H2,(H,26,28)(H,27,29). The van der Waals surface area contributed by atoms with Crippen molar-refractivity contribution >= 4 is 23.2 Å². The van der Waals surface area contributed by atoms with Gasteiger partial charge in [0.25, 0.3) is 11.8 Å². The van der Waals surface area contributed by atoms with Crippen LogP contribution in [0.1, 0.15) is 15.9 Å². The van der Waals surface area contributed by atoms with Gasteiger partial charge >= 0.3 is 6.18 Å². The fraction of sp³-hybridized carbons (Fsp3) is 0.0909. The number of benzene rings is 3. The largest absolute Gasteiger partial charge is 0.484 e. The normalized spacial score (nSPS) is 10.9. The van der Waals surface area contributed by atoms with Gasteiger partial charge in [0, 0.05) is 5.56 Å². The molecule has 3 aromatic carbocycles. The highest BCUT2D eigenvalue weighted by Gasteiger charge is 2.30. The summed E-state index contributed by atoms with van der Waals surface area (Å²) < 4.78 is 43.4. The zero-order chi connectivity index (χ0) is 21.6. The summed E-state index contributed by atoms with van der Waals surface area (Å²) in [7, 11) is 0. The van der Waals surface area contributed by atoms with Gasteiger partial charge in [0.2, 0.25) is 0 Å². The second kappa shape index (κ2) is 9.13. The summed E-state index contributed by atoms with van der Waals surface area (Å²) in [6, 6.07) is 19.1. The number of para-hydroxylation sites is 3. The van der Waals surface area contributed by atoms with Crippen LogP contribution < -0.4 is 15.4 Å². The summed E-state index contributed by atoms with van der Waals surface area (Å²) in [6.07, 6.45) is -4.48. The number of carbonyl (C=O) groups is 2. The summed E-state index contributed by atoms with van der Waals surface area (Å²) in [5, 5.41) is 5.23. The van der Waals surface area contributed by atoms with Gasteiger partial charge in [0.05, 0.1) is 16.9 Å². The maximum atomic E-state index is 12.7. The van der Waals surface area contributed by atoms with Gasteiger partial charge in [-0.15, -0.1) is 0 Å². The van der Waals surface area contributed by atoms with Crippen LogP contribution in [0.15, 0.2) is 78.9 Å². The number of alkyl halides is 3. The Bertz CT molecular complexity index is 1020. The molecule has 0 radical (unpaired) electrons. The Morgan fingerprint density at radius 2 is 1.33 bits per heavy atom. The molecule has 0 aliphatic heterocycles. The fourth-order valence-electron chi connectivity index (χ4n) is 2.56. The van der Waals surface area contributed by atoms with Gasteiger partial charge in [0.15, 0.2) is 6.61 Å². The Morgan fingerprint density at radius 3 is 1.93 bits per heavy atom. The number of carbonyl (C=O) groups excluding carboxylic acids is 2. The van der Waals surface area contributed by atoms with E-state index in [1.54, 1.807) is 48.5 Å². The molecule has 0 bridgehead atoms. The van der Waals surface area contributed by atoms with E-state index in [9.17, 15) is 22.8 Å². The van der Waals surface area contributed by atoms with E-state index in [0.717, 1.165) is 24.3 Å². The van der Waals surface area contributed by atoms with Gasteiger partial charge in [-0.05, 0) is 48.5 Å². The van der Waals surface area contributed by atoms with E-state index < -0.39 is 23.6 Å². The highest BCUT2D eigenvalue weighted by molar-refractivity contribution is 6.07. The molecule has 0 unspecified atom stereocenters. The predicted octanol–water partition coefficient (Wildman–Crippen LogP) is 4.98. The molecule has 3 aromatic rings. The predicted molar refractivity (Wildman–Crippen MR) is 106 cm³/mol. The Hall–Kier alpha value is -3.81. The Kier molecular flexibility index (Phi) is 6.36. The van der Waals surface area contributed by atoms with Crippen LogP contribution in [0.4, 0.5) is 24.5 Å².